The molecule has 1 saturated carbocycles. The van der Waals surface area contributed by atoms with Crippen LogP contribution in [0, 0.1) is 23.7 Å². The first-order valence-electron chi connectivity index (χ1n) is 31.1. The zero-order chi connectivity index (χ0) is 64.9. The second-order valence-electron chi connectivity index (χ2n) is 23.5. The highest BCUT2D eigenvalue weighted by atomic mass is 32.1. The Labute approximate surface area is 550 Å². The van der Waals surface area contributed by atoms with E-state index in [0.29, 0.717) is 80.7 Å². The van der Waals surface area contributed by atoms with E-state index in [1.54, 1.807) is 18.2 Å². The van der Waals surface area contributed by atoms with Crippen LogP contribution < -0.4 is 27.0 Å². The molecule has 0 bridgehead atoms. The van der Waals surface area contributed by atoms with Crippen molar-refractivity contribution >= 4 is 101 Å². The molecule has 0 aliphatic heterocycles. The molecule has 4 heterocycles. The van der Waals surface area contributed by atoms with Gasteiger partial charge < -0.3 is 30.9 Å². The lowest BCUT2D eigenvalue weighted by atomic mass is 9.75. The van der Waals surface area contributed by atoms with Crippen LogP contribution in [0.15, 0.2) is 109 Å². The van der Waals surface area contributed by atoms with E-state index in [4.69, 9.17) is 15.2 Å². The smallest absolute Gasteiger partial charge is 0.323 e. The molecular formula is C66H77N13O9S4. The van der Waals surface area contributed by atoms with E-state index in [9.17, 15) is 33.9 Å². The number of rotatable bonds is 33. The van der Waals surface area contributed by atoms with Gasteiger partial charge in [0.25, 0.3) is 0 Å². The van der Waals surface area contributed by atoms with Crippen LogP contribution in [0.2, 0.25) is 0 Å². The van der Waals surface area contributed by atoms with Crippen molar-refractivity contribution in [3.05, 3.63) is 151 Å². The van der Waals surface area contributed by atoms with Crippen molar-refractivity contribution in [2.75, 3.05) is 34.5 Å². The monoisotopic (exact) mass is 1320 g/mol. The van der Waals surface area contributed by atoms with Crippen molar-refractivity contribution < 1.29 is 43.3 Å². The first kappa shape index (κ1) is 68.2. The van der Waals surface area contributed by atoms with Gasteiger partial charge in [0.1, 0.15) is 45.5 Å². The van der Waals surface area contributed by atoms with Crippen LogP contribution in [0.1, 0.15) is 144 Å². The number of esters is 2. The lowest BCUT2D eigenvalue weighted by Crippen LogP contribution is -2.38. The number of unbranched alkanes of at least 4 members (excludes halogenated alkanes) is 2. The van der Waals surface area contributed by atoms with Crippen LogP contribution in [0.5, 0.6) is 0 Å². The summed E-state index contributed by atoms with van der Waals surface area (Å²) in [7, 11) is 0. The molecule has 4 aromatic carbocycles. The Kier molecular flexibility index (Phi) is 25.2. The molecule has 484 valence electrons. The summed E-state index contributed by atoms with van der Waals surface area (Å²) < 4.78 is 11.2. The highest BCUT2D eigenvalue weighted by Crippen LogP contribution is 2.36. The average molecular weight is 1320 g/mol. The molecule has 1 aliphatic rings. The number of hydrogen-bond donors (Lipinski definition) is 6. The molecule has 0 radical (unpaired) electrons. The maximum atomic E-state index is 14.4. The third kappa shape index (κ3) is 20.2. The third-order valence-electron chi connectivity index (χ3n) is 15.6. The summed E-state index contributed by atoms with van der Waals surface area (Å²) in [5.41, 5.74) is 10.3. The number of anilines is 4. The average Bonchev–Trinajstić information content (AvgIpc) is 1.05. The van der Waals surface area contributed by atoms with Gasteiger partial charge in [-0.15, -0.1) is 40.8 Å². The molecule has 22 nitrogen and oxygen atoms in total. The minimum Gasteiger partial charge on any atom is -0.464 e. The quantitative estimate of drug-likeness (QED) is 0.00963. The van der Waals surface area contributed by atoms with Gasteiger partial charge in [0.15, 0.2) is 5.78 Å². The number of aromatic nitrogens is 8. The zero-order valence-corrected chi connectivity index (χ0v) is 55.1. The summed E-state index contributed by atoms with van der Waals surface area (Å²) in [6, 6.07) is 32.7. The molecular weight excluding hydrogens is 1250 g/mol. The number of nitrogens with zero attached hydrogens (tertiary/aromatic N) is 8. The number of aliphatic hydroxyl groups is 1. The van der Waals surface area contributed by atoms with E-state index in [-0.39, 0.29) is 43.2 Å². The number of aryl methyl sites for hydroxylation is 4. The summed E-state index contributed by atoms with van der Waals surface area (Å²) in [5.74, 6) is -4.95. The highest BCUT2D eigenvalue weighted by Gasteiger charge is 2.37. The summed E-state index contributed by atoms with van der Waals surface area (Å²) in [5, 5.41) is 61.1. The predicted octanol–water partition coefficient (Wildman–Crippen LogP) is 11.1. The highest BCUT2D eigenvalue weighted by molar-refractivity contribution is 7.16. The molecule has 4 aromatic heterocycles. The van der Waals surface area contributed by atoms with Crippen LogP contribution in [-0.2, 0) is 65.6 Å². The van der Waals surface area contributed by atoms with Gasteiger partial charge in [-0.3, -0.25) is 39.4 Å². The Bertz CT molecular complexity index is 3710. The number of ether oxygens (including phenoxy) is 2. The number of amides is 3. The van der Waals surface area contributed by atoms with E-state index >= 15 is 0 Å². The van der Waals surface area contributed by atoms with E-state index in [2.05, 4.69) is 62.1 Å². The minimum absolute atomic E-state index is 0.0591. The van der Waals surface area contributed by atoms with Crippen LogP contribution in [0.3, 0.4) is 0 Å². The first-order chi connectivity index (χ1) is 44.5. The van der Waals surface area contributed by atoms with E-state index in [1.807, 2.05) is 119 Å². The molecule has 1 fully saturated rings. The van der Waals surface area contributed by atoms with Crippen molar-refractivity contribution in [3.8, 4) is 11.1 Å². The van der Waals surface area contributed by atoms with Gasteiger partial charge in [-0.25, -0.2) is 0 Å². The first-order valence-corrected chi connectivity index (χ1v) is 34.4. The van der Waals surface area contributed by atoms with Crippen LogP contribution in [-0.4, -0.2) is 107 Å². The van der Waals surface area contributed by atoms with Gasteiger partial charge in [-0.1, -0.05) is 189 Å². The standard InChI is InChI=1S/C66H77N13O9S4/c1-39(2)34-56(81)87-37-49(60(84)70-65-78-74-54(91-65)28-15-16-29-55-75-79-66(92-55)71-61(85)50(43-20-9-6-10-21-43)38-88-62(86)57(67)40(3)4)44-32-30-42(31-33-44)45-22-17-23-46(36-45)58(82)47-24-11-12-25-48(47)59(83)69-64-77-73-53(90-64)27-14-13-26-52-72-76-63(89-52)68-51(80)35-41-18-7-5-8-19-41/h5-10,17-23,30-33,36,39-40,47-51,57,80H,11-16,24-29,34-35,37-38,67H2,1-4H3,(H,68,76)(H,69,77,83)(H,70,78,84)(H,71,79,85)/t47-,48-,49?,50?,51?,57-/m0/s1. The maximum Gasteiger partial charge on any atom is 0.323 e. The number of ketones is 1. The van der Waals surface area contributed by atoms with Gasteiger partial charge in [0.05, 0.1) is 11.8 Å². The van der Waals surface area contributed by atoms with E-state index < -0.39 is 59.7 Å². The molecule has 9 rings (SSSR count). The van der Waals surface area contributed by atoms with E-state index in [0.717, 1.165) is 76.7 Å². The van der Waals surface area contributed by atoms with Gasteiger partial charge >= 0.3 is 11.9 Å². The second kappa shape index (κ2) is 34.0. The molecule has 6 atom stereocenters. The maximum absolute atomic E-state index is 14.4. The summed E-state index contributed by atoms with van der Waals surface area (Å²) in [4.78, 5) is 81.2. The number of carbonyl (C=O) groups excluding carboxylic acids is 6. The van der Waals surface area contributed by atoms with Crippen molar-refractivity contribution in [1.29, 1.82) is 0 Å². The van der Waals surface area contributed by atoms with Crippen LogP contribution in [0.4, 0.5) is 20.5 Å². The van der Waals surface area contributed by atoms with Crippen LogP contribution in [0.25, 0.3) is 11.1 Å². The fourth-order valence-electron chi connectivity index (χ4n) is 10.5. The van der Waals surface area contributed by atoms with Gasteiger partial charge in [0.2, 0.25) is 38.2 Å². The fourth-order valence-corrected chi connectivity index (χ4v) is 13.7. The number of carbonyl (C=O) groups is 6. The van der Waals surface area contributed by atoms with Gasteiger partial charge in [-0.05, 0) is 84.2 Å². The molecule has 3 amide bonds. The predicted molar refractivity (Wildman–Crippen MR) is 356 cm³/mol. The molecule has 1 aliphatic carbocycles. The SMILES string of the molecule is CC(C)CC(=O)OCC(C(=O)Nc1nnc(CCCCc2nnc(NC(=O)C(COC(=O)[C@@H](N)C(C)C)c3ccccc3)s2)s1)c1ccc(-c2cccc(C(=O)[C@H]3CCCC[C@@H]3C(=O)Nc3nnc(CCCCc4nnc(NC(O)Cc5ccccc5)s4)s3)c2)cc1. The summed E-state index contributed by atoms with van der Waals surface area (Å²) in [6.45, 7) is 7.09. The topological polar surface area (TPSA) is 318 Å². The Morgan fingerprint density at radius 2 is 1.04 bits per heavy atom. The van der Waals surface area contributed by atoms with E-state index in [1.165, 1.54) is 45.3 Å². The summed E-state index contributed by atoms with van der Waals surface area (Å²) >= 11 is 5.28. The Balaban J connectivity index is 0.745. The molecule has 0 saturated heterocycles. The van der Waals surface area contributed by atoms with Gasteiger partial charge in [-0.2, -0.15) is 0 Å². The van der Waals surface area contributed by atoms with Crippen molar-refractivity contribution in [3.63, 3.8) is 0 Å². The number of hydrogen-bond acceptors (Lipinski definition) is 23. The number of nitrogens with one attached hydrogen (secondary N) is 4. The molecule has 8 aromatic rings. The minimum atomic E-state index is -0.887. The molecule has 26 heteroatoms. The lowest BCUT2D eigenvalue weighted by Gasteiger charge is -2.29. The fraction of sp³-hybridized carbons (Fsp3) is 0.424. The van der Waals surface area contributed by atoms with Crippen molar-refractivity contribution in [1.82, 2.24) is 40.8 Å². The van der Waals surface area contributed by atoms with Crippen molar-refractivity contribution in [2.24, 2.45) is 29.4 Å². The zero-order valence-electron chi connectivity index (χ0n) is 51.8. The molecule has 0 spiro atoms. The molecule has 92 heavy (non-hydrogen) atoms. The molecule has 3 unspecified atom stereocenters. The number of benzene rings is 4. The normalized spacial score (nSPS) is 15.3. The third-order valence-corrected chi connectivity index (χ3v) is 19.2. The Hall–Kier alpha value is -8.14. The number of nitrogens with two attached hydrogens (primary N) is 1. The Morgan fingerprint density at radius 3 is 1.59 bits per heavy atom. The van der Waals surface area contributed by atoms with Crippen LogP contribution >= 0.6 is 45.3 Å². The lowest BCUT2D eigenvalue weighted by molar-refractivity contribution is -0.148. The number of Topliss-reactive ketones (excluding diaryl/α,β-unsaturated/α-hetero) is 1. The summed E-state index contributed by atoms with van der Waals surface area (Å²) in [6.07, 6.45) is 8.42. The largest absolute Gasteiger partial charge is 0.464 e. The second-order valence-corrected chi connectivity index (χ2v) is 27.7. The molecule has 7 N–H and O–H groups in total. The number of aliphatic hydroxyl groups excluding tert-OH is 1. The van der Waals surface area contributed by atoms with Gasteiger partial charge in [0, 0.05) is 55.9 Å². The van der Waals surface area contributed by atoms with Crippen molar-refractivity contribution in [2.45, 2.75) is 142 Å². The Morgan fingerprint density at radius 1 is 0.554 bits per heavy atom.